The maximum absolute atomic E-state index is 5.28. The van der Waals surface area contributed by atoms with Crippen molar-refractivity contribution in [2.75, 3.05) is 13.1 Å². The highest BCUT2D eigenvalue weighted by molar-refractivity contribution is 5.09. The molecule has 5 heteroatoms. The van der Waals surface area contributed by atoms with E-state index in [4.69, 9.17) is 4.52 Å². The number of nitrogens with one attached hydrogen (secondary N) is 1. The zero-order valence-corrected chi connectivity index (χ0v) is 10.2. The Kier molecular flexibility index (Phi) is 3.32. The predicted octanol–water partition coefficient (Wildman–Crippen LogP) is 1.21. The van der Waals surface area contributed by atoms with Crippen LogP contribution in [-0.2, 0) is 12.8 Å². The summed E-state index contributed by atoms with van der Waals surface area (Å²) in [5.74, 6) is 2.09. The molecular formula is C13H16N4O. The van der Waals surface area contributed by atoms with E-state index < -0.39 is 0 Å². The van der Waals surface area contributed by atoms with Gasteiger partial charge in [0, 0.05) is 18.3 Å². The average molecular weight is 244 g/mol. The molecule has 1 saturated heterocycles. The van der Waals surface area contributed by atoms with Crippen molar-refractivity contribution in [1.29, 1.82) is 0 Å². The van der Waals surface area contributed by atoms with Gasteiger partial charge in [-0.15, -0.1) is 0 Å². The lowest BCUT2D eigenvalue weighted by atomic mass is 10.1. The Morgan fingerprint density at radius 3 is 3.17 bits per heavy atom. The van der Waals surface area contributed by atoms with Crippen molar-refractivity contribution >= 4 is 0 Å². The summed E-state index contributed by atoms with van der Waals surface area (Å²) in [7, 11) is 0. The molecule has 0 aromatic carbocycles. The van der Waals surface area contributed by atoms with Gasteiger partial charge in [0.05, 0.1) is 6.42 Å². The molecule has 1 unspecified atom stereocenters. The van der Waals surface area contributed by atoms with Crippen LogP contribution in [0.5, 0.6) is 0 Å². The highest BCUT2D eigenvalue weighted by Crippen LogP contribution is 2.14. The first-order valence-corrected chi connectivity index (χ1v) is 6.32. The summed E-state index contributed by atoms with van der Waals surface area (Å²) < 4.78 is 5.28. The van der Waals surface area contributed by atoms with Crippen molar-refractivity contribution in [3.8, 4) is 0 Å². The number of pyridine rings is 1. The molecule has 2 aromatic heterocycles. The molecule has 1 aliphatic rings. The Hall–Kier alpha value is -1.75. The fourth-order valence-electron chi connectivity index (χ4n) is 2.25. The quantitative estimate of drug-likeness (QED) is 0.875. The van der Waals surface area contributed by atoms with Gasteiger partial charge in [-0.25, -0.2) is 0 Å². The third-order valence-corrected chi connectivity index (χ3v) is 3.20. The molecule has 0 bridgehead atoms. The van der Waals surface area contributed by atoms with Crippen LogP contribution in [0.4, 0.5) is 0 Å². The zero-order valence-electron chi connectivity index (χ0n) is 10.2. The van der Waals surface area contributed by atoms with Crippen molar-refractivity contribution in [3.05, 3.63) is 41.8 Å². The van der Waals surface area contributed by atoms with Crippen molar-refractivity contribution < 1.29 is 4.52 Å². The van der Waals surface area contributed by atoms with Crippen molar-refractivity contribution in [2.45, 2.75) is 19.3 Å². The summed E-state index contributed by atoms with van der Waals surface area (Å²) in [4.78, 5) is 8.68. The summed E-state index contributed by atoms with van der Waals surface area (Å²) in [6.07, 6.45) is 4.48. The van der Waals surface area contributed by atoms with E-state index in [2.05, 4.69) is 20.4 Å². The summed E-state index contributed by atoms with van der Waals surface area (Å²) >= 11 is 0. The minimum atomic E-state index is 0.632. The summed E-state index contributed by atoms with van der Waals surface area (Å²) in [6, 6.07) is 5.84. The molecule has 18 heavy (non-hydrogen) atoms. The molecule has 0 amide bonds. The van der Waals surface area contributed by atoms with E-state index in [9.17, 15) is 0 Å². The summed E-state index contributed by atoms with van der Waals surface area (Å²) in [5.41, 5.74) is 0.965. The van der Waals surface area contributed by atoms with Crippen molar-refractivity contribution in [3.63, 3.8) is 0 Å². The second kappa shape index (κ2) is 5.27. The van der Waals surface area contributed by atoms with Crippen molar-refractivity contribution in [1.82, 2.24) is 20.4 Å². The fourth-order valence-corrected chi connectivity index (χ4v) is 2.25. The molecule has 1 N–H and O–H groups in total. The van der Waals surface area contributed by atoms with Gasteiger partial charge in [0.2, 0.25) is 5.89 Å². The minimum absolute atomic E-state index is 0.632. The van der Waals surface area contributed by atoms with Gasteiger partial charge < -0.3 is 9.84 Å². The van der Waals surface area contributed by atoms with Gasteiger partial charge in [-0.1, -0.05) is 11.2 Å². The highest BCUT2D eigenvalue weighted by Gasteiger charge is 2.18. The lowest BCUT2D eigenvalue weighted by molar-refractivity contribution is 0.354. The second-order valence-electron chi connectivity index (χ2n) is 4.67. The van der Waals surface area contributed by atoms with E-state index in [1.807, 2.05) is 18.2 Å². The van der Waals surface area contributed by atoms with E-state index >= 15 is 0 Å². The van der Waals surface area contributed by atoms with Crippen LogP contribution in [0, 0.1) is 5.92 Å². The van der Waals surface area contributed by atoms with Crippen LogP contribution in [0.25, 0.3) is 0 Å². The smallest absolute Gasteiger partial charge is 0.226 e. The topological polar surface area (TPSA) is 63.8 Å². The molecule has 3 heterocycles. The van der Waals surface area contributed by atoms with Gasteiger partial charge in [-0.3, -0.25) is 4.98 Å². The van der Waals surface area contributed by atoms with Crippen molar-refractivity contribution in [2.24, 2.45) is 5.92 Å². The highest BCUT2D eigenvalue weighted by atomic mass is 16.5. The molecule has 0 aliphatic carbocycles. The van der Waals surface area contributed by atoms with Gasteiger partial charge in [-0.2, -0.15) is 4.98 Å². The molecule has 0 radical (unpaired) electrons. The van der Waals surface area contributed by atoms with Gasteiger partial charge in [-0.05, 0) is 37.6 Å². The molecule has 0 saturated carbocycles. The lowest BCUT2D eigenvalue weighted by Crippen LogP contribution is -2.10. The zero-order chi connectivity index (χ0) is 12.2. The molecule has 3 rings (SSSR count). The van der Waals surface area contributed by atoms with E-state index in [-0.39, 0.29) is 0 Å². The maximum Gasteiger partial charge on any atom is 0.226 e. The SMILES string of the molecule is c1ccc(Cc2noc(CC3CCNC3)n2)nc1. The number of aromatic nitrogens is 3. The number of rotatable bonds is 4. The minimum Gasteiger partial charge on any atom is -0.339 e. The monoisotopic (exact) mass is 244 g/mol. The Balaban J connectivity index is 1.62. The Morgan fingerprint density at radius 2 is 2.39 bits per heavy atom. The number of hydrogen-bond acceptors (Lipinski definition) is 5. The van der Waals surface area contributed by atoms with Crippen LogP contribution < -0.4 is 5.32 Å². The molecule has 1 aliphatic heterocycles. The molecule has 2 aromatic rings. The van der Waals surface area contributed by atoms with Gasteiger partial charge in [0.1, 0.15) is 0 Å². The van der Waals surface area contributed by atoms with Crippen LogP contribution >= 0.6 is 0 Å². The first-order chi connectivity index (χ1) is 8.90. The maximum atomic E-state index is 5.28. The predicted molar refractivity (Wildman–Crippen MR) is 66.0 cm³/mol. The average Bonchev–Trinajstić information content (AvgIpc) is 3.03. The fraction of sp³-hybridized carbons (Fsp3) is 0.462. The third-order valence-electron chi connectivity index (χ3n) is 3.20. The van der Waals surface area contributed by atoms with Crippen LogP contribution in [0.1, 0.15) is 23.8 Å². The molecule has 94 valence electrons. The normalized spacial score (nSPS) is 19.2. The third kappa shape index (κ3) is 2.73. The van der Waals surface area contributed by atoms with E-state index in [1.165, 1.54) is 6.42 Å². The molecular weight excluding hydrogens is 228 g/mol. The number of nitrogens with zero attached hydrogens (tertiary/aromatic N) is 3. The Bertz CT molecular complexity index is 491. The second-order valence-corrected chi connectivity index (χ2v) is 4.67. The van der Waals surface area contributed by atoms with Crippen LogP contribution in [0.15, 0.2) is 28.9 Å². The molecule has 1 fully saturated rings. The summed E-state index contributed by atoms with van der Waals surface area (Å²) in [5, 5.41) is 7.35. The summed E-state index contributed by atoms with van der Waals surface area (Å²) in [6.45, 7) is 2.15. The standard InChI is InChI=1S/C13H16N4O/c1-2-5-15-11(3-1)8-12-16-13(18-17-12)7-10-4-6-14-9-10/h1-3,5,10,14H,4,6-9H2. The van der Waals surface area contributed by atoms with Crippen LogP contribution in [0.2, 0.25) is 0 Å². The molecule has 5 nitrogen and oxygen atoms in total. The van der Waals surface area contributed by atoms with Gasteiger partial charge in [0.25, 0.3) is 0 Å². The lowest BCUT2D eigenvalue weighted by Gasteiger charge is -2.01. The molecule has 1 atom stereocenters. The number of hydrogen-bond donors (Lipinski definition) is 1. The first-order valence-electron chi connectivity index (χ1n) is 6.32. The Morgan fingerprint density at radius 1 is 1.39 bits per heavy atom. The Labute approximate surface area is 106 Å². The molecule has 0 spiro atoms. The van der Waals surface area contributed by atoms with E-state index in [0.29, 0.717) is 12.3 Å². The first kappa shape index (κ1) is 11.3. The van der Waals surface area contributed by atoms with Gasteiger partial charge in [0.15, 0.2) is 5.82 Å². The van der Waals surface area contributed by atoms with Gasteiger partial charge >= 0.3 is 0 Å². The largest absolute Gasteiger partial charge is 0.339 e. The van der Waals surface area contributed by atoms with Crippen LogP contribution in [-0.4, -0.2) is 28.2 Å². The van der Waals surface area contributed by atoms with E-state index in [1.54, 1.807) is 6.20 Å². The van der Waals surface area contributed by atoms with E-state index in [0.717, 1.165) is 36.9 Å². The van der Waals surface area contributed by atoms with Crippen LogP contribution in [0.3, 0.4) is 0 Å².